The van der Waals surface area contributed by atoms with Crippen LogP contribution in [0.25, 0.3) is 0 Å². The molecule has 0 aromatic heterocycles. The maximum atomic E-state index is 5.69. The summed E-state index contributed by atoms with van der Waals surface area (Å²) in [5, 5.41) is 3.51. The van der Waals surface area contributed by atoms with Gasteiger partial charge in [-0.15, -0.1) is 0 Å². The number of benzene rings is 1. The Morgan fingerprint density at radius 1 is 1.11 bits per heavy atom. The van der Waals surface area contributed by atoms with Crippen LogP contribution in [0.2, 0.25) is 0 Å². The van der Waals surface area contributed by atoms with Gasteiger partial charge in [0.2, 0.25) is 0 Å². The van der Waals surface area contributed by atoms with Gasteiger partial charge >= 0.3 is 0 Å². The molecule has 0 aliphatic carbocycles. The average Bonchev–Trinajstić information content (AvgIpc) is 2.35. The molecular formula is C17H29NO. The first kappa shape index (κ1) is 15.9. The molecule has 0 saturated carbocycles. The van der Waals surface area contributed by atoms with Gasteiger partial charge in [-0.05, 0) is 51.0 Å². The van der Waals surface area contributed by atoms with Crippen LogP contribution < -0.4 is 10.1 Å². The van der Waals surface area contributed by atoms with Crippen LogP contribution in [0, 0.1) is 6.92 Å². The van der Waals surface area contributed by atoms with Crippen molar-refractivity contribution in [2.24, 2.45) is 0 Å². The Balaban J connectivity index is 2.34. The number of unbranched alkanes of at least 4 members (excludes halogenated alkanes) is 4. The number of anilines is 1. The molecule has 0 atom stereocenters. The average molecular weight is 263 g/mol. The molecule has 0 heterocycles. The minimum absolute atomic E-state index is 0.233. The molecule has 0 fully saturated rings. The Morgan fingerprint density at radius 2 is 1.84 bits per heavy atom. The third-order valence-corrected chi connectivity index (χ3v) is 3.17. The summed E-state index contributed by atoms with van der Waals surface area (Å²) in [4.78, 5) is 0. The fourth-order valence-corrected chi connectivity index (χ4v) is 2.13. The molecule has 0 unspecified atom stereocenters. The predicted molar refractivity (Wildman–Crippen MR) is 84.2 cm³/mol. The minimum atomic E-state index is 0.233. The first-order chi connectivity index (χ1) is 9.13. The minimum Gasteiger partial charge on any atom is -0.491 e. The standard InChI is InChI=1S/C17H29NO/c1-5-6-7-8-9-12-18-17-11-10-16(13-15(17)4)19-14(2)3/h10-11,13-14,18H,5-9,12H2,1-4H3. The van der Waals surface area contributed by atoms with Crippen LogP contribution in [0.5, 0.6) is 5.75 Å². The topological polar surface area (TPSA) is 21.3 Å². The summed E-state index contributed by atoms with van der Waals surface area (Å²) in [5.41, 5.74) is 2.48. The van der Waals surface area contributed by atoms with Gasteiger partial charge in [0.05, 0.1) is 6.10 Å². The number of hydrogen-bond acceptors (Lipinski definition) is 2. The van der Waals surface area contributed by atoms with Gasteiger partial charge < -0.3 is 10.1 Å². The highest BCUT2D eigenvalue weighted by Crippen LogP contribution is 2.22. The summed E-state index contributed by atoms with van der Waals surface area (Å²) >= 11 is 0. The lowest BCUT2D eigenvalue weighted by Crippen LogP contribution is -2.07. The second-order valence-electron chi connectivity index (χ2n) is 5.48. The van der Waals surface area contributed by atoms with Crippen LogP contribution in [0.4, 0.5) is 5.69 Å². The number of rotatable bonds is 9. The molecule has 0 spiro atoms. The monoisotopic (exact) mass is 263 g/mol. The molecule has 19 heavy (non-hydrogen) atoms. The molecule has 108 valence electrons. The van der Waals surface area contributed by atoms with E-state index >= 15 is 0 Å². The van der Waals surface area contributed by atoms with Gasteiger partial charge in [0.1, 0.15) is 5.75 Å². The highest BCUT2D eigenvalue weighted by molar-refractivity contribution is 5.53. The van der Waals surface area contributed by atoms with Crippen molar-refractivity contribution in [1.29, 1.82) is 0 Å². The first-order valence-electron chi connectivity index (χ1n) is 7.64. The molecule has 2 nitrogen and oxygen atoms in total. The largest absolute Gasteiger partial charge is 0.491 e. The van der Waals surface area contributed by atoms with Crippen molar-refractivity contribution < 1.29 is 4.74 Å². The van der Waals surface area contributed by atoms with Crippen LogP contribution in [0.1, 0.15) is 58.4 Å². The Bertz CT molecular complexity index is 360. The van der Waals surface area contributed by atoms with Gasteiger partial charge in [0.15, 0.2) is 0 Å². The molecule has 0 bridgehead atoms. The van der Waals surface area contributed by atoms with Crippen LogP contribution in [-0.4, -0.2) is 12.6 Å². The zero-order valence-corrected chi connectivity index (χ0v) is 13.0. The summed E-state index contributed by atoms with van der Waals surface area (Å²) in [6.07, 6.45) is 6.84. The third-order valence-electron chi connectivity index (χ3n) is 3.17. The van der Waals surface area contributed by atoms with E-state index in [0.717, 1.165) is 12.3 Å². The lowest BCUT2D eigenvalue weighted by Gasteiger charge is -2.13. The summed E-state index contributed by atoms with van der Waals surface area (Å²) in [6.45, 7) is 9.56. The van der Waals surface area contributed by atoms with E-state index in [9.17, 15) is 0 Å². The molecule has 2 heteroatoms. The van der Waals surface area contributed by atoms with E-state index in [4.69, 9.17) is 4.74 Å². The van der Waals surface area contributed by atoms with E-state index in [-0.39, 0.29) is 6.10 Å². The maximum absolute atomic E-state index is 5.69. The van der Waals surface area contributed by atoms with E-state index in [2.05, 4.69) is 45.1 Å². The van der Waals surface area contributed by atoms with Crippen LogP contribution in [0.3, 0.4) is 0 Å². The van der Waals surface area contributed by atoms with Crippen LogP contribution in [-0.2, 0) is 0 Å². The van der Waals surface area contributed by atoms with Crippen molar-refractivity contribution >= 4 is 5.69 Å². The highest BCUT2D eigenvalue weighted by atomic mass is 16.5. The van der Waals surface area contributed by atoms with Crippen molar-refractivity contribution in [3.8, 4) is 5.75 Å². The summed E-state index contributed by atoms with van der Waals surface area (Å²) < 4.78 is 5.69. The number of nitrogens with one attached hydrogen (secondary N) is 1. The quantitative estimate of drug-likeness (QED) is 0.621. The van der Waals surface area contributed by atoms with E-state index in [0.29, 0.717) is 0 Å². The molecule has 0 amide bonds. The zero-order valence-electron chi connectivity index (χ0n) is 13.0. The Morgan fingerprint density at radius 3 is 2.47 bits per heavy atom. The van der Waals surface area contributed by atoms with Crippen molar-refractivity contribution in [3.05, 3.63) is 23.8 Å². The second kappa shape index (κ2) is 8.84. The van der Waals surface area contributed by atoms with Gasteiger partial charge in [-0.2, -0.15) is 0 Å². The molecule has 1 rings (SSSR count). The molecule has 1 aromatic carbocycles. The van der Waals surface area contributed by atoms with Crippen LogP contribution in [0.15, 0.2) is 18.2 Å². The number of hydrogen-bond donors (Lipinski definition) is 1. The molecule has 1 aromatic rings. The number of ether oxygens (including phenoxy) is 1. The summed E-state index contributed by atoms with van der Waals surface area (Å²) in [6, 6.07) is 6.28. The van der Waals surface area contributed by atoms with Crippen molar-refractivity contribution in [3.63, 3.8) is 0 Å². The van der Waals surface area contributed by atoms with E-state index in [1.165, 1.54) is 43.4 Å². The fraction of sp³-hybridized carbons (Fsp3) is 0.647. The Labute approximate surface area is 118 Å². The first-order valence-corrected chi connectivity index (χ1v) is 7.64. The Kier molecular flexibility index (Phi) is 7.39. The lowest BCUT2D eigenvalue weighted by molar-refractivity contribution is 0.242. The smallest absolute Gasteiger partial charge is 0.120 e. The highest BCUT2D eigenvalue weighted by Gasteiger charge is 2.02. The van der Waals surface area contributed by atoms with Gasteiger partial charge in [-0.25, -0.2) is 0 Å². The second-order valence-corrected chi connectivity index (χ2v) is 5.48. The zero-order chi connectivity index (χ0) is 14.1. The van der Waals surface area contributed by atoms with Crippen molar-refractivity contribution in [1.82, 2.24) is 0 Å². The van der Waals surface area contributed by atoms with Crippen molar-refractivity contribution in [2.45, 2.75) is 65.9 Å². The summed E-state index contributed by atoms with van der Waals surface area (Å²) in [5.74, 6) is 0.959. The van der Waals surface area contributed by atoms with E-state index in [1.807, 2.05) is 6.07 Å². The molecule has 1 N–H and O–H groups in total. The number of aryl methyl sites for hydroxylation is 1. The summed E-state index contributed by atoms with van der Waals surface area (Å²) in [7, 11) is 0. The molecule has 0 saturated heterocycles. The van der Waals surface area contributed by atoms with E-state index < -0.39 is 0 Å². The van der Waals surface area contributed by atoms with Gasteiger partial charge in [-0.1, -0.05) is 32.6 Å². The third kappa shape index (κ3) is 6.51. The van der Waals surface area contributed by atoms with Gasteiger partial charge in [0.25, 0.3) is 0 Å². The van der Waals surface area contributed by atoms with Crippen LogP contribution >= 0.6 is 0 Å². The van der Waals surface area contributed by atoms with Gasteiger partial charge in [-0.3, -0.25) is 0 Å². The molecule has 0 radical (unpaired) electrons. The molecule has 0 aliphatic rings. The van der Waals surface area contributed by atoms with E-state index in [1.54, 1.807) is 0 Å². The predicted octanol–water partition coefficient (Wildman–Crippen LogP) is 5.16. The molecule has 0 aliphatic heterocycles. The maximum Gasteiger partial charge on any atom is 0.120 e. The normalized spacial score (nSPS) is 10.8. The fourth-order valence-electron chi connectivity index (χ4n) is 2.13. The lowest BCUT2D eigenvalue weighted by atomic mass is 10.1. The molecular weight excluding hydrogens is 234 g/mol. The Hall–Kier alpha value is -1.18. The van der Waals surface area contributed by atoms with Crippen molar-refractivity contribution in [2.75, 3.05) is 11.9 Å². The van der Waals surface area contributed by atoms with Gasteiger partial charge in [0, 0.05) is 12.2 Å². The SMILES string of the molecule is CCCCCCCNc1ccc(OC(C)C)cc1C.